The van der Waals surface area contributed by atoms with Gasteiger partial charge in [0.2, 0.25) is 21.9 Å². The number of nitrogens with zero attached hydrogens (tertiary/aromatic N) is 2. The maximum absolute atomic E-state index is 13.6. The molecule has 4 rings (SSSR count). The van der Waals surface area contributed by atoms with Gasteiger partial charge in [-0.25, -0.2) is 21.6 Å². The number of sulfonamides is 1. The van der Waals surface area contributed by atoms with Crippen molar-refractivity contribution in [2.24, 2.45) is 5.92 Å². The number of alkyl halides is 2. The maximum Gasteiger partial charge on any atom is 0.248 e. The van der Waals surface area contributed by atoms with Crippen molar-refractivity contribution in [1.29, 1.82) is 0 Å². The zero-order valence-electron chi connectivity index (χ0n) is 22.4. The second-order valence-electron chi connectivity index (χ2n) is 11.0. The molecule has 1 N–H and O–H groups in total. The summed E-state index contributed by atoms with van der Waals surface area (Å²) >= 11 is 0. The van der Waals surface area contributed by atoms with Crippen LogP contribution in [0.2, 0.25) is 0 Å². The molecule has 39 heavy (non-hydrogen) atoms. The number of para-hydroxylation sites is 1. The first-order valence-electron chi connectivity index (χ1n) is 13.7. The highest BCUT2D eigenvalue weighted by Crippen LogP contribution is 2.37. The molecule has 1 atom stereocenters. The molecule has 2 aromatic rings. The lowest BCUT2D eigenvalue weighted by Crippen LogP contribution is -2.51. The van der Waals surface area contributed by atoms with Gasteiger partial charge in [-0.3, -0.25) is 14.0 Å². The van der Waals surface area contributed by atoms with E-state index in [-0.39, 0.29) is 74.1 Å². The molecule has 1 amide bonds. The quantitative estimate of drug-likeness (QED) is 0.440. The summed E-state index contributed by atoms with van der Waals surface area (Å²) in [7, 11) is -3.72. The third-order valence-corrected chi connectivity index (χ3v) is 9.81. The van der Waals surface area contributed by atoms with Crippen molar-refractivity contribution < 1.29 is 26.4 Å². The van der Waals surface area contributed by atoms with E-state index in [2.05, 4.69) is 10.2 Å². The Balaban J connectivity index is 1.33. The van der Waals surface area contributed by atoms with E-state index < -0.39 is 15.9 Å². The summed E-state index contributed by atoms with van der Waals surface area (Å²) in [5.74, 6) is -3.54. The molecule has 0 radical (unpaired) electrons. The van der Waals surface area contributed by atoms with Crippen molar-refractivity contribution in [2.45, 2.75) is 69.9 Å². The van der Waals surface area contributed by atoms with Crippen molar-refractivity contribution in [3.8, 4) is 0 Å². The molecule has 0 unspecified atom stereocenters. The minimum absolute atomic E-state index is 0.0276. The second-order valence-corrected chi connectivity index (χ2v) is 12.9. The number of hydrogen-bond donors (Lipinski definition) is 1. The van der Waals surface area contributed by atoms with Crippen LogP contribution in [-0.4, -0.2) is 62.6 Å². The molecule has 1 aliphatic heterocycles. The Morgan fingerprint density at radius 1 is 1.03 bits per heavy atom. The molecule has 214 valence electrons. The molecule has 2 fully saturated rings. The van der Waals surface area contributed by atoms with Gasteiger partial charge in [-0.2, -0.15) is 0 Å². The topological polar surface area (TPSA) is 69.7 Å². The lowest BCUT2D eigenvalue weighted by molar-refractivity contribution is -0.121. The van der Waals surface area contributed by atoms with Gasteiger partial charge in [-0.1, -0.05) is 30.3 Å². The normalized spacial score (nSPS) is 19.9. The Hall–Kier alpha value is -2.59. The highest BCUT2D eigenvalue weighted by molar-refractivity contribution is 7.92. The van der Waals surface area contributed by atoms with Gasteiger partial charge in [0.05, 0.1) is 17.9 Å². The van der Waals surface area contributed by atoms with E-state index in [1.54, 1.807) is 36.4 Å². The zero-order chi connectivity index (χ0) is 28.0. The van der Waals surface area contributed by atoms with Crippen LogP contribution in [0.4, 0.5) is 18.9 Å². The van der Waals surface area contributed by atoms with Crippen LogP contribution in [0, 0.1) is 11.7 Å². The summed E-state index contributed by atoms with van der Waals surface area (Å²) in [4.78, 5) is 14.7. The lowest BCUT2D eigenvalue weighted by Gasteiger charge is -2.39. The Labute approximate surface area is 229 Å². The van der Waals surface area contributed by atoms with Gasteiger partial charge in [-0.05, 0) is 68.4 Å². The van der Waals surface area contributed by atoms with E-state index >= 15 is 0 Å². The number of likely N-dealkylation sites (tertiary alicyclic amines) is 1. The summed E-state index contributed by atoms with van der Waals surface area (Å²) in [5.41, 5.74) is 1.33. The Bertz CT molecular complexity index is 1180. The predicted octanol–water partition coefficient (Wildman–Crippen LogP) is 5.00. The van der Waals surface area contributed by atoms with Gasteiger partial charge < -0.3 is 5.32 Å². The van der Waals surface area contributed by atoms with Crippen LogP contribution in [0.25, 0.3) is 0 Å². The van der Waals surface area contributed by atoms with E-state index in [1.165, 1.54) is 16.4 Å². The first-order valence-corrected chi connectivity index (χ1v) is 15.3. The number of rotatable bonds is 10. The third kappa shape index (κ3) is 8.45. The maximum atomic E-state index is 13.6. The minimum atomic E-state index is -3.72. The molecule has 1 heterocycles. The fourth-order valence-electron chi connectivity index (χ4n) is 5.53. The molecular weight excluding hydrogens is 527 g/mol. The molecule has 1 saturated heterocycles. The van der Waals surface area contributed by atoms with Crippen molar-refractivity contribution in [3.05, 3.63) is 66.0 Å². The first kappa shape index (κ1) is 29.4. The molecule has 0 spiro atoms. The smallest absolute Gasteiger partial charge is 0.248 e. The molecule has 2 aliphatic rings. The molecule has 1 saturated carbocycles. The highest BCUT2D eigenvalue weighted by atomic mass is 32.2. The Morgan fingerprint density at radius 3 is 2.26 bits per heavy atom. The number of carbonyl (C=O) groups excluding carboxylic acids is 1. The lowest BCUT2D eigenvalue weighted by atomic mass is 9.88. The van der Waals surface area contributed by atoms with Crippen LogP contribution >= 0.6 is 0 Å². The van der Waals surface area contributed by atoms with Gasteiger partial charge in [0.1, 0.15) is 5.82 Å². The van der Waals surface area contributed by atoms with Crippen LogP contribution in [0.1, 0.15) is 51.0 Å². The van der Waals surface area contributed by atoms with Gasteiger partial charge in [-0.15, -0.1) is 0 Å². The number of carbonyl (C=O) groups is 1. The number of anilines is 1. The van der Waals surface area contributed by atoms with Crippen molar-refractivity contribution in [3.63, 3.8) is 0 Å². The number of halogens is 3. The van der Waals surface area contributed by atoms with Crippen LogP contribution in [0.3, 0.4) is 0 Å². The largest absolute Gasteiger partial charge is 0.353 e. The molecule has 2 aromatic carbocycles. The Kier molecular flexibility index (Phi) is 9.59. The highest BCUT2D eigenvalue weighted by Gasteiger charge is 2.38. The van der Waals surface area contributed by atoms with Gasteiger partial charge in [0.15, 0.2) is 0 Å². The van der Waals surface area contributed by atoms with E-state index in [1.807, 2.05) is 13.0 Å². The zero-order valence-corrected chi connectivity index (χ0v) is 23.2. The van der Waals surface area contributed by atoms with Crippen LogP contribution in [0.5, 0.6) is 0 Å². The molecule has 10 heteroatoms. The monoisotopic (exact) mass is 565 g/mol. The average Bonchev–Trinajstić information content (AvgIpc) is 2.90. The van der Waals surface area contributed by atoms with E-state index in [0.29, 0.717) is 18.8 Å². The summed E-state index contributed by atoms with van der Waals surface area (Å²) < 4.78 is 68.9. The molecular formula is C29H38F3N3O3S. The average molecular weight is 566 g/mol. The fraction of sp³-hybridized carbons (Fsp3) is 0.552. The van der Waals surface area contributed by atoms with Crippen molar-refractivity contribution >= 4 is 21.6 Å². The summed E-state index contributed by atoms with van der Waals surface area (Å²) in [5, 5.41) is 3.06. The number of nitrogens with one attached hydrogen (secondary N) is 1. The van der Waals surface area contributed by atoms with Crippen LogP contribution in [-0.2, 0) is 21.2 Å². The standard InChI is InChI=1S/C29H38F3N3O3S/c1-22(34-17-13-26(14-18-34)33-28(36)19-23-7-9-25(30)10-8-23)20-35(27-5-3-2-4-6-27)39(37,38)21-24-11-15-29(31,32)16-12-24/h2-10,22,24,26H,11-21H2,1H3,(H,33,36)/t22-/m1/s1. The number of amides is 1. The first-order chi connectivity index (χ1) is 18.5. The van der Waals surface area contributed by atoms with Gasteiger partial charge >= 0.3 is 0 Å². The second kappa shape index (κ2) is 12.7. The SMILES string of the molecule is C[C@H](CN(c1ccccc1)S(=O)(=O)CC1CCC(F)(F)CC1)N1CCC(NC(=O)Cc2ccc(F)cc2)CC1. The van der Waals surface area contributed by atoms with Crippen LogP contribution in [0.15, 0.2) is 54.6 Å². The molecule has 0 aromatic heterocycles. The van der Waals surface area contributed by atoms with E-state index in [9.17, 15) is 26.4 Å². The Morgan fingerprint density at radius 2 is 1.64 bits per heavy atom. The summed E-state index contributed by atoms with van der Waals surface area (Å²) in [6.07, 6.45) is 1.59. The number of hydrogen-bond acceptors (Lipinski definition) is 4. The van der Waals surface area contributed by atoms with Crippen molar-refractivity contribution in [2.75, 3.05) is 29.7 Å². The molecule has 6 nitrogen and oxygen atoms in total. The van der Waals surface area contributed by atoms with E-state index in [0.717, 1.165) is 18.4 Å². The van der Waals surface area contributed by atoms with Crippen molar-refractivity contribution in [1.82, 2.24) is 10.2 Å². The third-order valence-electron chi connectivity index (χ3n) is 7.89. The fourth-order valence-corrected chi connectivity index (χ4v) is 7.53. The molecule has 1 aliphatic carbocycles. The summed E-state index contributed by atoms with van der Waals surface area (Å²) in [6, 6.07) is 14.8. The summed E-state index contributed by atoms with van der Waals surface area (Å²) in [6.45, 7) is 3.68. The van der Waals surface area contributed by atoms with Gasteiger partial charge in [0.25, 0.3) is 0 Å². The molecule has 0 bridgehead atoms. The predicted molar refractivity (Wildman–Crippen MR) is 147 cm³/mol. The number of piperidine rings is 1. The minimum Gasteiger partial charge on any atom is -0.353 e. The van der Waals surface area contributed by atoms with E-state index in [4.69, 9.17) is 0 Å². The van der Waals surface area contributed by atoms with Gasteiger partial charge in [0, 0.05) is 44.6 Å². The number of benzene rings is 2. The van der Waals surface area contributed by atoms with Crippen LogP contribution < -0.4 is 9.62 Å².